The van der Waals surface area contributed by atoms with E-state index >= 15 is 0 Å². The minimum Gasteiger partial charge on any atom is -0.465 e. The number of carbonyl (C=O) groups is 1. The summed E-state index contributed by atoms with van der Waals surface area (Å²) in [5, 5.41) is 8.83. The van der Waals surface area contributed by atoms with Gasteiger partial charge in [-0.05, 0) is 44.5 Å². The van der Waals surface area contributed by atoms with Gasteiger partial charge in [0, 0.05) is 12.2 Å². The molecule has 4 nitrogen and oxygen atoms in total. The molecule has 0 unspecified atom stereocenters. The number of nitrogens with zero attached hydrogens (tertiary/aromatic N) is 2. The lowest BCUT2D eigenvalue weighted by Crippen LogP contribution is -2.31. The van der Waals surface area contributed by atoms with Crippen molar-refractivity contribution in [3.8, 4) is 6.07 Å². The third kappa shape index (κ3) is 3.49. The van der Waals surface area contributed by atoms with Gasteiger partial charge in [0.25, 0.3) is 0 Å². The van der Waals surface area contributed by atoms with Crippen LogP contribution in [0, 0.1) is 18.3 Å². The molecule has 0 aliphatic carbocycles. The zero-order valence-corrected chi connectivity index (χ0v) is 11.1. The minimum absolute atomic E-state index is 0.233. The number of benzene rings is 1. The first-order chi connectivity index (χ1) is 8.62. The molecule has 1 aromatic rings. The standard InChI is InChI=1S/C14H18N2O2/c1-4-16(10-14(17)18-5-2)13-7-6-12(9-15)8-11(13)3/h6-8H,4-5,10H2,1-3H3. The number of esters is 1. The highest BCUT2D eigenvalue weighted by molar-refractivity contribution is 5.76. The van der Waals surface area contributed by atoms with Gasteiger partial charge in [-0.25, -0.2) is 0 Å². The maximum absolute atomic E-state index is 11.5. The number of anilines is 1. The molecule has 0 spiro atoms. The molecule has 0 fully saturated rings. The van der Waals surface area contributed by atoms with E-state index in [1.54, 1.807) is 13.0 Å². The molecule has 0 aromatic heterocycles. The highest BCUT2D eigenvalue weighted by atomic mass is 16.5. The SMILES string of the molecule is CCOC(=O)CN(CC)c1ccc(C#N)cc1C. The zero-order chi connectivity index (χ0) is 13.5. The van der Waals surface area contributed by atoms with E-state index in [-0.39, 0.29) is 12.5 Å². The van der Waals surface area contributed by atoms with Crippen molar-refractivity contribution in [1.82, 2.24) is 0 Å². The second-order valence-electron chi connectivity index (χ2n) is 3.93. The fourth-order valence-electron chi connectivity index (χ4n) is 1.81. The van der Waals surface area contributed by atoms with Gasteiger partial charge in [0.15, 0.2) is 0 Å². The normalized spacial score (nSPS) is 9.67. The number of rotatable bonds is 5. The molecule has 0 radical (unpaired) electrons. The summed E-state index contributed by atoms with van der Waals surface area (Å²) in [4.78, 5) is 13.4. The zero-order valence-electron chi connectivity index (χ0n) is 11.1. The molecular formula is C14H18N2O2. The van der Waals surface area contributed by atoms with Crippen LogP contribution in [0.1, 0.15) is 25.0 Å². The summed E-state index contributed by atoms with van der Waals surface area (Å²) < 4.78 is 4.95. The molecule has 0 aliphatic rings. The maximum atomic E-state index is 11.5. The Morgan fingerprint density at radius 1 is 1.44 bits per heavy atom. The number of likely N-dealkylation sites (N-methyl/N-ethyl adjacent to an activating group) is 1. The van der Waals surface area contributed by atoms with E-state index in [9.17, 15) is 4.79 Å². The van der Waals surface area contributed by atoms with Gasteiger partial charge >= 0.3 is 5.97 Å². The van der Waals surface area contributed by atoms with Crippen LogP contribution in [0.3, 0.4) is 0 Å². The summed E-state index contributed by atoms with van der Waals surface area (Å²) in [5.74, 6) is -0.233. The van der Waals surface area contributed by atoms with Crippen molar-refractivity contribution in [2.75, 3.05) is 24.6 Å². The van der Waals surface area contributed by atoms with Crippen LogP contribution in [0.2, 0.25) is 0 Å². The quantitative estimate of drug-likeness (QED) is 0.748. The Hall–Kier alpha value is -2.02. The fourth-order valence-corrected chi connectivity index (χ4v) is 1.81. The average Bonchev–Trinajstić information content (AvgIpc) is 2.36. The second-order valence-corrected chi connectivity index (χ2v) is 3.93. The first kappa shape index (κ1) is 14.0. The molecule has 1 rings (SSSR count). The first-order valence-electron chi connectivity index (χ1n) is 6.03. The van der Waals surface area contributed by atoms with Crippen molar-refractivity contribution in [3.05, 3.63) is 29.3 Å². The predicted octanol–water partition coefficient (Wildman–Crippen LogP) is 2.26. The first-order valence-corrected chi connectivity index (χ1v) is 6.03. The molecule has 0 saturated heterocycles. The van der Waals surface area contributed by atoms with Crippen LogP contribution in [0.25, 0.3) is 0 Å². The lowest BCUT2D eigenvalue weighted by atomic mass is 10.1. The van der Waals surface area contributed by atoms with Gasteiger partial charge in [-0.3, -0.25) is 4.79 Å². The third-order valence-corrected chi connectivity index (χ3v) is 2.67. The van der Waals surface area contributed by atoms with Crippen molar-refractivity contribution in [2.24, 2.45) is 0 Å². The van der Waals surface area contributed by atoms with Crippen LogP contribution in [-0.4, -0.2) is 25.7 Å². The summed E-state index contributed by atoms with van der Waals surface area (Å²) in [6.45, 7) is 7.05. The van der Waals surface area contributed by atoms with Crippen LogP contribution in [0.15, 0.2) is 18.2 Å². The molecule has 0 N–H and O–H groups in total. The van der Waals surface area contributed by atoms with E-state index in [4.69, 9.17) is 10.00 Å². The van der Waals surface area contributed by atoms with Gasteiger partial charge in [0.1, 0.15) is 6.54 Å². The second kappa shape index (κ2) is 6.65. The molecule has 0 heterocycles. The van der Waals surface area contributed by atoms with Gasteiger partial charge < -0.3 is 9.64 Å². The molecular weight excluding hydrogens is 228 g/mol. The summed E-state index contributed by atoms with van der Waals surface area (Å²) in [6.07, 6.45) is 0. The molecule has 0 bridgehead atoms. The van der Waals surface area contributed by atoms with Gasteiger partial charge in [-0.2, -0.15) is 5.26 Å². The Balaban J connectivity index is 2.89. The van der Waals surface area contributed by atoms with Crippen molar-refractivity contribution in [3.63, 3.8) is 0 Å². The summed E-state index contributed by atoms with van der Waals surface area (Å²) >= 11 is 0. The van der Waals surface area contributed by atoms with Gasteiger partial charge in [-0.1, -0.05) is 0 Å². The minimum atomic E-state index is -0.233. The van der Waals surface area contributed by atoms with E-state index in [0.29, 0.717) is 18.7 Å². The summed E-state index contributed by atoms with van der Waals surface area (Å²) in [7, 11) is 0. The topological polar surface area (TPSA) is 53.3 Å². The number of carbonyl (C=O) groups excluding carboxylic acids is 1. The Morgan fingerprint density at radius 2 is 2.17 bits per heavy atom. The molecule has 4 heteroatoms. The molecule has 0 amide bonds. The summed E-state index contributed by atoms with van der Waals surface area (Å²) in [6, 6.07) is 7.56. The molecule has 1 aromatic carbocycles. The molecule has 0 atom stereocenters. The maximum Gasteiger partial charge on any atom is 0.325 e. The number of hydrogen-bond donors (Lipinski definition) is 0. The van der Waals surface area contributed by atoms with Gasteiger partial charge in [0.2, 0.25) is 0 Å². The predicted molar refractivity (Wildman–Crippen MR) is 70.4 cm³/mol. The Labute approximate surface area is 108 Å². The van der Waals surface area contributed by atoms with Crippen LogP contribution in [0.5, 0.6) is 0 Å². The number of ether oxygens (including phenoxy) is 1. The number of nitriles is 1. The highest BCUT2D eigenvalue weighted by Gasteiger charge is 2.12. The van der Waals surface area contributed by atoms with E-state index < -0.39 is 0 Å². The van der Waals surface area contributed by atoms with Crippen molar-refractivity contribution in [2.45, 2.75) is 20.8 Å². The van der Waals surface area contributed by atoms with E-state index in [2.05, 4.69) is 6.07 Å². The fraction of sp³-hybridized carbons (Fsp3) is 0.429. The molecule has 18 heavy (non-hydrogen) atoms. The van der Waals surface area contributed by atoms with Gasteiger partial charge in [0.05, 0.1) is 18.2 Å². The lowest BCUT2D eigenvalue weighted by molar-refractivity contribution is -0.141. The number of hydrogen-bond acceptors (Lipinski definition) is 4. The lowest BCUT2D eigenvalue weighted by Gasteiger charge is -2.23. The number of aryl methyl sites for hydroxylation is 1. The molecule has 0 aliphatic heterocycles. The van der Waals surface area contributed by atoms with Crippen LogP contribution in [0.4, 0.5) is 5.69 Å². The third-order valence-electron chi connectivity index (χ3n) is 2.67. The highest BCUT2D eigenvalue weighted by Crippen LogP contribution is 2.20. The Kier molecular flexibility index (Phi) is 5.19. The van der Waals surface area contributed by atoms with Crippen molar-refractivity contribution >= 4 is 11.7 Å². The smallest absolute Gasteiger partial charge is 0.325 e. The van der Waals surface area contributed by atoms with Crippen molar-refractivity contribution in [1.29, 1.82) is 5.26 Å². The van der Waals surface area contributed by atoms with Crippen LogP contribution < -0.4 is 4.90 Å². The van der Waals surface area contributed by atoms with Gasteiger partial charge in [-0.15, -0.1) is 0 Å². The Bertz CT molecular complexity index is 463. The average molecular weight is 246 g/mol. The molecule has 0 saturated carbocycles. The van der Waals surface area contributed by atoms with Crippen LogP contribution >= 0.6 is 0 Å². The van der Waals surface area contributed by atoms with Crippen LogP contribution in [-0.2, 0) is 9.53 Å². The largest absolute Gasteiger partial charge is 0.465 e. The molecule has 96 valence electrons. The summed E-state index contributed by atoms with van der Waals surface area (Å²) in [5.41, 5.74) is 2.58. The van der Waals surface area contributed by atoms with E-state index in [1.165, 1.54) is 0 Å². The van der Waals surface area contributed by atoms with Crippen molar-refractivity contribution < 1.29 is 9.53 Å². The Morgan fingerprint density at radius 3 is 2.67 bits per heavy atom. The van der Waals surface area contributed by atoms with E-state index in [1.807, 2.05) is 30.9 Å². The monoisotopic (exact) mass is 246 g/mol. The van der Waals surface area contributed by atoms with E-state index in [0.717, 1.165) is 11.3 Å².